The molecule has 0 unspecified atom stereocenters. The first-order chi connectivity index (χ1) is 13.2. The molecule has 0 fully saturated rings. The fourth-order valence-corrected chi connectivity index (χ4v) is 2.82. The summed E-state index contributed by atoms with van der Waals surface area (Å²) in [5, 5.41) is 7.00. The van der Waals surface area contributed by atoms with Crippen LogP contribution in [0.1, 0.15) is 41.5 Å². The third-order valence-electron chi connectivity index (χ3n) is 4.15. The second kappa shape index (κ2) is 7.34. The summed E-state index contributed by atoms with van der Waals surface area (Å²) in [6.45, 7) is 5.81. The number of aromatic nitrogens is 2. The van der Waals surface area contributed by atoms with E-state index in [9.17, 15) is 18.4 Å². The lowest BCUT2D eigenvalue weighted by molar-refractivity contribution is 0.102. The van der Waals surface area contributed by atoms with Gasteiger partial charge in [-0.05, 0) is 63.2 Å². The number of amides is 1. The molecule has 0 radical (unpaired) electrons. The van der Waals surface area contributed by atoms with E-state index in [1.807, 2.05) is 20.8 Å². The molecule has 3 rings (SSSR count). The van der Waals surface area contributed by atoms with Gasteiger partial charge in [-0.2, -0.15) is 5.10 Å². The molecule has 0 aliphatic rings. The topological polar surface area (TPSA) is 64.0 Å². The van der Waals surface area contributed by atoms with Gasteiger partial charge in [0, 0.05) is 11.3 Å². The van der Waals surface area contributed by atoms with Crippen LogP contribution >= 0.6 is 0 Å². The van der Waals surface area contributed by atoms with E-state index in [0.717, 1.165) is 6.07 Å². The van der Waals surface area contributed by atoms with Gasteiger partial charge in [-0.3, -0.25) is 14.3 Å². The van der Waals surface area contributed by atoms with E-state index in [4.69, 9.17) is 0 Å². The number of carbonyl (C=O) groups is 2. The number of hydrogen-bond acceptors (Lipinski definition) is 3. The van der Waals surface area contributed by atoms with Gasteiger partial charge in [-0.25, -0.2) is 8.78 Å². The van der Waals surface area contributed by atoms with E-state index in [2.05, 4.69) is 10.4 Å². The lowest BCUT2D eigenvalue weighted by atomic mass is 10.0. The van der Waals surface area contributed by atoms with Gasteiger partial charge in [-0.15, -0.1) is 0 Å². The van der Waals surface area contributed by atoms with Gasteiger partial charge in [0.25, 0.3) is 5.91 Å². The van der Waals surface area contributed by atoms with Crippen molar-refractivity contribution in [3.8, 4) is 11.3 Å². The van der Waals surface area contributed by atoms with Gasteiger partial charge in [0.1, 0.15) is 11.6 Å². The highest BCUT2D eigenvalue weighted by atomic mass is 19.1. The highest BCUT2D eigenvalue weighted by Crippen LogP contribution is 2.30. The predicted molar refractivity (Wildman–Crippen MR) is 102 cm³/mol. The van der Waals surface area contributed by atoms with Gasteiger partial charge in [0.15, 0.2) is 6.29 Å². The summed E-state index contributed by atoms with van der Waals surface area (Å²) >= 11 is 0. The second-order valence-corrected chi connectivity index (χ2v) is 7.30. The smallest absolute Gasteiger partial charge is 0.259 e. The summed E-state index contributed by atoms with van der Waals surface area (Å²) in [6.07, 6.45) is 1.82. The zero-order chi connectivity index (χ0) is 20.5. The number of nitrogens with one attached hydrogen (secondary N) is 1. The molecule has 0 saturated heterocycles. The van der Waals surface area contributed by atoms with Gasteiger partial charge in [-0.1, -0.05) is 0 Å². The predicted octanol–water partition coefficient (Wildman–Crippen LogP) is 4.65. The highest BCUT2D eigenvalue weighted by molar-refractivity contribution is 6.08. The van der Waals surface area contributed by atoms with E-state index in [-0.39, 0.29) is 22.6 Å². The third kappa shape index (κ3) is 3.83. The molecule has 0 aliphatic carbocycles. The van der Waals surface area contributed by atoms with Crippen molar-refractivity contribution in [2.24, 2.45) is 0 Å². The maximum Gasteiger partial charge on any atom is 0.259 e. The Kier molecular flexibility index (Phi) is 5.09. The van der Waals surface area contributed by atoms with Crippen LogP contribution in [0.5, 0.6) is 0 Å². The Morgan fingerprint density at radius 1 is 1.11 bits per heavy atom. The first kappa shape index (κ1) is 19.4. The number of benzene rings is 2. The Balaban J connectivity index is 2.04. The fraction of sp³-hybridized carbons (Fsp3) is 0.190. The Hall–Kier alpha value is -3.35. The summed E-state index contributed by atoms with van der Waals surface area (Å²) in [7, 11) is 0. The minimum atomic E-state index is -0.666. The molecule has 0 atom stereocenters. The van der Waals surface area contributed by atoms with Crippen LogP contribution in [0.4, 0.5) is 14.5 Å². The van der Waals surface area contributed by atoms with Crippen LogP contribution in [-0.4, -0.2) is 22.0 Å². The van der Waals surface area contributed by atoms with E-state index in [0.29, 0.717) is 17.5 Å². The van der Waals surface area contributed by atoms with Crippen molar-refractivity contribution in [3.63, 3.8) is 0 Å². The molecule has 28 heavy (non-hydrogen) atoms. The number of rotatable bonds is 4. The molecule has 7 heteroatoms. The van der Waals surface area contributed by atoms with Gasteiger partial charge >= 0.3 is 0 Å². The molecule has 1 amide bonds. The van der Waals surface area contributed by atoms with E-state index in [1.165, 1.54) is 30.5 Å². The summed E-state index contributed by atoms with van der Waals surface area (Å²) in [5.74, 6) is -1.52. The van der Waals surface area contributed by atoms with Gasteiger partial charge < -0.3 is 5.32 Å². The molecule has 0 spiro atoms. The largest absolute Gasteiger partial charge is 0.322 e. The zero-order valence-electron chi connectivity index (χ0n) is 15.7. The Labute approximate surface area is 161 Å². The standard InChI is InChI=1S/C21H19F2N3O2/c1-21(2,3)26-19(13-4-6-15(22)7-5-13)17(11-24-26)20(28)25-16-8-9-18(23)14(10-16)12-27/h4-12H,1-3H3,(H,25,28). The number of hydrogen-bond donors (Lipinski definition) is 1. The van der Waals surface area contributed by atoms with Crippen molar-refractivity contribution in [2.75, 3.05) is 5.32 Å². The monoisotopic (exact) mass is 383 g/mol. The van der Waals surface area contributed by atoms with Crippen molar-refractivity contribution < 1.29 is 18.4 Å². The minimum Gasteiger partial charge on any atom is -0.322 e. The lowest BCUT2D eigenvalue weighted by Gasteiger charge is -2.23. The lowest BCUT2D eigenvalue weighted by Crippen LogP contribution is -2.24. The first-order valence-electron chi connectivity index (χ1n) is 8.61. The molecule has 144 valence electrons. The van der Waals surface area contributed by atoms with Crippen molar-refractivity contribution in [2.45, 2.75) is 26.3 Å². The summed E-state index contributed by atoms with van der Waals surface area (Å²) in [6, 6.07) is 9.51. The third-order valence-corrected chi connectivity index (χ3v) is 4.15. The maximum absolute atomic E-state index is 13.5. The Morgan fingerprint density at radius 2 is 1.79 bits per heavy atom. The van der Waals surface area contributed by atoms with Crippen LogP contribution in [0.3, 0.4) is 0 Å². The molecule has 0 bridgehead atoms. The van der Waals surface area contributed by atoms with Crippen molar-refractivity contribution in [1.82, 2.24) is 9.78 Å². The van der Waals surface area contributed by atoms with Crippen molar-refractivity contribution >= 4 is 17.9 Å². The Bertz CT molecular complexity index is 1030. The van der Waals surface area contributed by atoms with Crippen LogP contribution in [0, 0.1) is 11.6 Å². The zero-order valence-corrected chi connectivity index (χ0v) is 15.7. The molecule has 1 heterocycles. The highest BCUT2D eigenvalue weighted by Gasteiger charge is 2.25. The van der Waals surface area contributed by atoms with E-state index < -0.39 is 17.3 Å². The van der Waals surface area contributed by atoms with Crippen molar-refractivity contribution in [1.29, 1.82) is 0 Å². The average Bonchev–Trinajstić information content (AvgIpc) is 3.09. The van der Waals surface area contributed by atoms with Gasteiger partial charge in [0.2, 0.25) is 0 Å². The molecule has 0 aliphatic heterocycles. The molecule has 3 aromatic rings. The molecule has 1 aromatic heterocycles. The van der Waals surface area contributed by atoms with E-state index >= 15 is 0 Å². The van der Waals surface area contributed by atoms with Crippen LogP contribution in [0.25, 0.3) is 11.3 Å². The summed E-state index contributed by atoms with van der Waals surface area (Å²) < 4.78 is 28.5. The minimum absolute atomic E-state index is 0.151. The molecule has 1 N–H and O–H groups in total. The Morgan fingerprint density at radius 3 is 2.39 bits per heavy atom. The fourth-order valence-electron chi connectivity index (χ4n) is 2.82. The van der Waals surface area contributed by atoms with Crippen LogP contribution < -0.4 is 5.32 Å². The number of carbonyl (C=O) groups excluding carboxylic acids is 2. The SMILES string of the molecule is CC(C)(C)n1ncc(C(=O)Nc2ccc(F)c(C=O)c2)c1-c1ccc(F)cc1. The summed E-state index contributed by atoms with van der Waals surface area (Å²) in [4.78, 5) is 23.8. The molecular weight excluding hydrogens is 364 g/mol. The molecular formula is C21H19F2N3O2. The number of aldehydes is 1. The number of anilines is 1. The maximum atomic E-state index is 13.5. The van der Waals surface area contributed by atoms with Gasteiger partial charge in [0.05, 0.1) is 28.6 Å². The quantitative estimate of drug-likeness (QED) is 0.667. The molecule has 2 aromatic carbocycles. The first-order valence-corrected chi connectivity index (χ1v) is 8.61. The van der Waals surface area contributed by atoms with Crippen LogP contribution in [0.15, 0.2) is 48.7 Å². The van der Waals surface area contributed by atoms with Crippen LogP contribution in [-0.2, 0) is 5.54 Å². The normalized spacial score (nSPS) is 11.3. The van der Waals surface area contributed by atoms with Crippen LogP contribution in [0.2, 0.25) is 0 Å². The van der Waals surface area contributed by atoms with Crippen molar-refractivity contribution in [3.05, 3.63) is 71.4 Å². The molecule has 0 saturated carbocycles. The number of nitrogens with zero attached hydrogens (tertiary/aromatic N) is 2. The molecule has 5 nitrogen and oxygen atoms in total. The second-order valence-electron chi connectivity index (χ2n) is 7.30. The number of halogens is 2. The summed E-state index contributed by atoms with van der Waals surface area (Å²) in [5.41, 5.74) is 1.14. The average molecular weight is 383 g/mol. The van der Waals surface area contributed by atoms with E-state index in [1.54, 1.807) is 16.8 Å².